The van der Waals surface area contributed by atoms with E-state index in [1.165, 1.54) is 0 Å². The molecule has 0 bridgehead atoms. The van der Waals surface area contributed by atoms with E-state index in [2.05, 4.69) is 60.4 Å². The van der Waals surface area contributed by atoms with Crippen LogP contribution in [0, 0.1) is 0 Å². The second-order valence-corrected chi connectivity index (χ2v) is 5.10. The van der Waals surface area contributed by atoms with Crippen molar-refractivity contribution >= 4 is 29.9 Å². The highest BCUT2D eigenvalue weighted by Crippen LogP contribution is 2.00. The number of aryl methyl sites for hydroxylation is 1. The molecular formula is C12H25IN6. The Labute approximate surface area is 132 Å². The molecule has 0 aliphatic carbocycles. The van der Waals surface area contributed by atoms with E-state index in [1.807, 2.05) is 4.57 Å². The zero-order chi connectivity index (χ0) is 13.6. The molecule has 0 unspecified atom stereocenters. The molecule has 0 saturated carbocycles. The van der Waals surface area contributed by atoms with E-state index >= 15 is 0 Å². The summed E-state index contributed by atoms with van der Waals surface area (Å²) < 4.78 is 1.99. The van der Waals surface area contributed by atoms with Crippen molar-refractivity contribution in [1.29, 1.82) is 0 Å². The van der Waals surface area contributed by atoms with Crippen LogP contribution < -0.4 is 10.6 Å². The van der Waals surface area contributed by atoms with Crippen molar-refractivity contribution in [1.82, 2.24) is 25.4 Å². The molecule has 0 radical (unpaired) electrons. The number of hydrogen-bond donors (Lipinski definition) is 2. The first kappa shape index (κ1) is 18.1. The molecule has 2 N–H and O–H groups in total. The second-order valence-electron chi connectivity index (χ2n) is 5.10. The average molecular weight is 380 g/mol. The second kappa shape index (κ2) is 8.34. The van der Waals surface area contributed by atoms with Crippen molar-refractivity contribution in [2.75, 3.05) is 6.54 Å². The number of aliphatic imine (C=N–C) groups is 1. The van der Waals surface area contributed by atoms with Crippen LogP contribution >= 0.6 is 24.0 Å². The fourth-order valence-corrected chi connectivity index (χ4v) is 1.48. The van der Waals surface area contributed by atoms with Gasteiger partial charge in [0.15, 0.2) is 11.8 Å². The smallest absolute Gasteiger partial charge is 0.192 e. The fraction of sp³-hybridized carbons (Fsp3) is 0.750. The number of halogens is 1. The molecule has 1 aromatic rings. The van der Waals surface area contributed by atoms with Crippen molar-refractivity contribution in [3.05, 3.63) is 12.2 Å². The number of hydrogen-bond acceptors (Lipinski definition) is 3. The summed E-state index contributed by atoms with van der Waals surface area (Å²) in [6.07, 6.45) is 1.73. The van der Waals surface area contributed by atoms with Crippen LogP contribution in [0.5, 0.6) is 0 Å². The third-order valence-corrected chi connectivity index (χ3v) is 2.25. The summed E-state index contributed by atoms with van der Waals surface area (Å²) in [4.78, 5) is 4.52. The SMILES string of the molecule is CCNC(=NCc1nncn1CC)NC(C)(C)C.I. The van der Waals surface area contributed by atoms with Gasteiger partial charge in [0.05, 0.1) is 0 Å². The number of nitrogens with one attached hydrogen (secondary N) is 2. The summed E-state index contributed by atoms with van der Waals surface area (Å²) in [6, 6.07) is 0. The highest BCUT2D eigenvalue weighted by Gasteiger charge is 2.12. The molecule has 1 rings (SSSR count). The Morgan fingerprint density at radius 2 is 2.05 bits per heavy atom. The molecule has 110 valence electrons. The zero-order valence-corrected chi connectivity index (χ0v) is 14.7. The van der Waals surface area contributed by atoms with Gasteiger partial charge in [-0.3, -0.25) is 0 Å². The van der Waals surface area contributed by atoms with Gasteiger partial charge in [-0.05, 0) is 34.6 Å². The van der Waals surface area contributed by atoms with E-state index in [0.717, 1.165) is 24.9 Å². The number of aromatic nitrogens is 3. The minimum Gasteiger partial charge on any atom is -0.357 e. The molecule has 19 heavy (non-hydrogen) atoms. The molecule has 0 aliphatic rings. The third kappa shape index (κ3) is 6.74. The predicted molar refractivity (Wildman–Crippen MR) is 88.8 cm³/mol. The minimum absolute atomic E-state index is 0. The lowest BCUT2D eigenvalue weighted by Gasteiger charge is -2.23. The van der Waals surface area contributed by atoms with Crippen LogP contribution in [0.2, 0.25) is 0 Å². The van der Waals surface area contributed by atoms with Gasteiger partial charge in [-0.1, -0.05) is 0 Å². The van der Waals surface area contributed by atoms with Crippen LogP contribution in [0.1, 0.15) is 40.4 Å². The Bertz CT molecular complexity index is 393. The molecule has 0 fully saturated rings. The van der Waals surface area contributed by atoms with Gasteiger partial charge in [-0.15, -0.1) is 34.2 Å². The van der Waals surface area contributed by atoms with Crippen LogP contribution in [0.15, 0.2) is 11.3 Å². The first-order valence-corrected chi connectivity index (χ1v) is 6.39. The molecule has 0 spiro atoms. The first-order valence-electron chi connectivity index (χ1n) is 6.39. The van der Waals surface area contributed by atoms with Gasteiger partial charge in [0.1, 0.15) is 12.9 Å². The highest BCUT2D eigenvalue weighted by atomic mass is 127. The fourth-order valence-electron chi connectivity index (χ4n) is 1.48. The monoisotopic (exact) mass is 380 g/mol. The Balaban J connectivity index is 0.00000324. The summed E-state index contributed by atoms with van der Waals surface area (Å²) in [7, 11) is 0. The van der Waals surface area contributed by atoms with Crippen molar-refractivity contribution < 1.29 is 0 Å². The van der Waals surface area contributed by atoms with Gasteiger partial charge < -0.3 is 15.2 Å². The quantitative estimate of drug-likeness (QED) is 0.475. The van der Waals surface area contributed by atoms with E-state index in [4.69, 9.17) is 0 Å². The Kier molecular flexibility index (Phi) is 7.96. The maximum absolute atomic E-state index is 4.52. The van der Waals surface area contributed by atoms with Gasteiger partial charge in [0.25, 0.3) is 0 Å². The van der Waals surface area contributed by atoms with Crippen LogP contribution in [0.4, 0.5) is 0 Å². The lowest BCUT2D eigenvalue weighted by atomic mass is 10.1. The molecule has 0 amide bonds. The highest BCUT2D eigenvalue weighted by molar-refractivity contribution is 14.0. The van der Waals surface area contributed by atoms with E-state index in [0.29, 0.717) is 6.54 Å². The minimum atomic E-state index is -0.0145. The van der Waals surface area contributed by atoms with Crippen LogP contribution in [0.3, 0.4) is 0 Å². The number of guanidine groups is 1. The van der Waals surface area contributed by atoms with E-state index in [-0.39, 0.29) is 29.5 Å². The molecule has 1 aromatic heterocycles. The molecule has 0 aromatic carbocycles. The number of rotatable bonds is 4. The third-order valence-electron chi connectivity index (χ3n) is 2.25. The van der Waals surface area contributed by atoms with Gasteiger partial charge in [-0.2, -0.15) is 0 Å². The first-order chi connectivity index (χ1) is 8.46. The van der Waals surface area contributed by atoms with Gasteiger partial charge >= 0.3 is 0 Å². The molecule has 0 atom stereocenters. The Morgan fingerprint density at radius 3 is 2.58 bits per heavy atom. The van der Waals surface area contributed by atoms with Crippen molar-refractivity contribution in [2.45, 2.75) is 53.2 Å². The van der Waals surface area contributed by atoms with Crippen LogP contribution in [-0.2, 0) is 13.1 Å². The average Bonchev–Trinajstić information content (AvgIpc) is 2.71. The largest absolute Gasteiger partial charge is 0.357 e. The summed E-state index contributed by atoms with van der Waals surface area (Å²) in [6.45, 7) is 12.7. The normalized spacial score (nSPS) is 11.9. The topological polar surface area (TPSA) is 67.1 Å². The zero-order valence-electron chi connectivity index (χ0n) is 12.4. The summed E-state index contributed by atoms with van der Waals surface area (Å²) >= 11 is 0. The molecule has 7 heteroatoms. The predicted octanol–water partition coefficient (Wildman–Crippen LogP) is 1.77. The molecule has 6 nitrogen and oxygen atoms in total. The maximum Gasteiger partial charge on any atom is 0.192 e. The summed E-state index contributed by atoms with van der Waals surface area (Å²) in [5, 5.41) is 14.5. The molecule has 1 heterocycles. The van der Waals surface area contributed by atoms with Crippen LogP contribution in [-0.4, -0.2) is 32.8 Å². The van der Waals surface area contributed by atoms with Crippen LogP contribution in [0.25, 0.3) is 0 Å². The van der Waals surface area contributed by atoms with Crippen molar-refractivity contribution in [2.24, 2.45) is 4.99 Å². The van der Waals surface area contributed by atoms with E-state index in [1.54, 1.807) is 6.33 Å². The summed E-state index contributed by atoms with van der Waals surface area (Å²) in [5.74, 6) is 1.68. The van der Waals surface area contributed by atoms with Crippen molar-refractivity contribution in [3.8, 4) is 0 Å². The molecule has 0 saturated heterocycles. The number of nitrogens with zero attached hydrogens (tertiary/aromatic N) is 4. The van der Waals surface area contributed by atoms with E-state index in [9.17, 15) is 0 Å². The van der Waals surface area contributed by atoms with Gasteiger partial charge in [0, 0.05) is 18.6 Å². The Morgan fingerprint density at radius 1 is 1.37 bits per heavy atom. The van der Waals surface area contributed by atoms with Gasteiger partial charge in [-0.25, -0.2) is 4.99 Å². The molecular weight excluding hydrogens is 355 g/mol. The molecule has 0 aliphatic heterocycles. The van der Waals surface area contributed by atoms with E-state index < -0.39 is 0 Å². The Hall–Kier alpha value is -0.860. The lowest BCUT2D eigenvalue weighted by molar-refractivity contribution is 0.501. The maximum atomic E-state index is 4.52. The van der Waals surface area contributed by atoms with Crippen molar-refractivity contribution in [3.63, 3.8) is 0 Å². The standard InChI is InChI=1S/C12H24N6.HI/c1-6-13-11(16-12(3,4)5)14-8-10-17-15-9-18(10)7-2;/h9H,6-8H2,1-5H3,(H2,13,14,16);1H. The summed E-state index contributed by atoms with van der Waals surface area (Å²) in [5.41, 5.74) is -0.0145. The van der Waals surface area contributed by atoms with Gasteiger partial charge in [0.2, 0.25) is 0 Å². The lowest BCUT2D eigenvalue weighted by Crippen LogP contribution is -2.47.